The van der Waals surface area contributed by atoms with E-state index >= 15 is 0 Å². The molecule has 1 unspecified atom stereocenters. The van der Waals surface area contributed by atoms with Gasteiger partial charge in [-0.05, 0) is 42.4 Å². The molecule has 1 saturated carbocycles. The second-order valence-electron chi connectivity index (χ2n) is 7.68. The van der Waals surface area contributed by atoms with Gasteiger partial charge >= 0.3 is 0 Å². The fourth-order valence-corrected chi connectivity index (χ4v) is 4.72. The predicted molar refractivity (Wildman–Crippen MR) is 107 cm³/mol. The second kappa shape index (κ2) is 7.11. The molecule has 2 aliphatic rings. The number of carbonyl (C=O) groups is 1. The monoisotopic (exact) mass is 345 g/mol. The molecule has 1 amide bonds. The Bertz CT molecular complexity index is 804. The van der Waals surface area contributed by atoms with Crippen molar-refractivity contribution in [1.29, 1.82) is 0 Å². The number of amides is 1. The van der Waals surface area contributed by atoms with Gasteiger partial charge in [0.25, 0.3) is 0 Å². The molecule has 26 heavy (non-hydrogen) atoms. The van der Waals surface area contributed by atoms with E-state index in [0.717, 1.165) is 23.2 Å². The molecule has 0 radical (unpaired) electrons. The summed E-state index contributed by atoms with van der Waals surface area (Å²) in [7, 11) is 1.90. The summed E-state index contributed by atoms with van der Waals surface area (Å²) in [5, 5.41) is 0. The maximum absolute atomic E-state index is 13.5. The van der Waals surface area contributed by atoms with Crippen molar-refractivity contribution in [3.8, 4) is 0 Å². The van der Waals surface area contributed by atoms with Crippen LogP contribution in [0.15, 0.2) is 66.7 Å². The molecule has 1 fully saturated rings. The van der Waals surface area contributed by atoms with Gasteiger partial charge in [-0.3, -0.25) is 4.79 Å². The van der Waals surface area contributed by atoms with Gasteiger partial charge in [-0.1, -0.05) is 79.9 Å². The van der Waals surface area contributed by atoms with Gasteiger partial charge in [0.2, 0.25) is 5.91 Å². The zero-order chi connectivity index (χ0) is 18.0. The highest BCUT2D eigenvalue weighted by Gasteiger charge is 2.49. The third-order valence-electron chi connectivity index (χ3n) is 6.14. The molecule has 2 aromatic rings. The summed E-state index contributed by atoms with van der Waals surface area (Å²) in [4.78, 5) is 15.3. The van der Waals surface area contributed by atoms with Crippen LogP contribution in [0.5, 0.6) is 0 Å². The first kappa shape index (κ1) is 17.1. The number of likely N-dealkylation sites (N-methyl/N-ethyl adjacent to an activating group) is 1. The molecular formula is C24H27NO. The number of hydrogen-bond acceptors (Lipinski definition) is 1. The third kappa shape index (κ3) is 2.78. The average molecular weight is 345 g/mol. The summed E-state index contributed by atoms with van der Waals surface area (Å²) in [6.07, 6.45) is 12.0. The Kier molecular flexibility index (Phi) is 4.67. The van der Waals surface area contributed by atoms with E-state index in [9.17, 15) is 4.79 Å². The molecule has 1 heterocycles. The van der Waals surface area contributed by atoms with Gasteiger partial charge in [0.15, 0.2) is 0 Å². The SMILES string of the molecule is CN1C(=O)C(C/C=C/C2CCCCC2)(c2ccccc2)c2ccccc21. The van der Waals surface area contributed by atoms with Crippen LogP contribution in [0, 0.1) is 5.92 Å². The number of rotatable bonds is 4. The molecule has 1 atom stereocenters. The van der Waals surface area contributed by atoms with Gasteiger partial charge in [-0.15, -0.1) is 0 Å². The Balaban J connectivity index is 1.74. The van der Waals surface area contributed by atoms with Crippen molar-refractivity contribution in [3.05, 3.63) is 77.9 Å². The van der Waals surface area contributed by atoms with Crippen LogP contribution < -0.4 is 4.90 Å². The maximum atomic E-state index is 13.5. The van der Waals surface area contributed by atoms with E-state index in [-0.39, 0.29) is 5.91 Å². The summed E-state index contributed by atoms with van der Waals surface area (Å²) in [5.41, 5.74) is 2.66. The van der Waals surface area contributed by atoms with Crippen LogP contribution in [0.3, 0.4) is 0 Å². The highest BCUT2D eigenvalue weighted by atomic mass is 16.2. The Hall–Kier alpha value is -2.35. The number of allylic oxidation sites excluding steroid dienone is 2. The first-order valence-electron chi connectivity index (χ1n) is 9.83. The third-order valence-corrected chi connectivity index (χ3v) is 6.14. The lowest BCUT2D eigenvalue weighted by atomic mass is 9.72. The molecule has 1 aliphatic carbocycles. The normalized spacial score (nSPS) is 23.6. The number of hydrogen-bond donors (Lipinski definition) is 0. The lowest BCUT2D eigenvalue weighted by Crippen LogP contribution is -2.39. The maximum Gasteiger partial charge on any atom is 0.242 e. The van der Waals surface area contributed by atoms with E-state index in [0.29, 0.717) is 5.92 Å². The molecule has 2 aromatic carbocycles. The lowest BCUT2D eigenvalue weighted by Gasteiger charge is -2.28. The Morgan fingerprint density at radius 2 is 1.69 bits per heavy atom. The second-order valence-corrected chi connectivity index (χ2v) is 7.68. The number of carbonyl (C=O) groups excluding carboxylic acids is 1. The van der Waals surface area contributed by atoms with E-state index in [1.165, 1.54) is 32.1 Å². The van der Waals surface area contributed by atoms with Gasteiger partial charge < -0.3 is 4.90 Å². The fourth-order valence-electron chi connectivity index (χ4n) is 4.72. The van der Waals surface area contributed by atoms with Gasteiger partial charge in [0.1, 0.15) is 5.41 Å². The molecule has 0 bridgehead atoms. The van der Waals surface area contributed by atoms with Gasteiger partial charge in [-0.25, -0.2) is 0 Å². The highest BCUT2D eigenvalue weighted by molar-refractivity contribution is 6.10. The summed E-state index contributed by atoms with van der Waals surface area (Å²) in [6, 6.07) is 18.5. The summed E-state index contributed by atoms with van der Waals surface area (Å²) in [6.45, 7) is 0. The van der Waals surface area contributed by atoms with Crippen LogP contribution in [0.2, 0.25) is 0 Å². The highest BCUT2D eigenvalue weighted by Crippen LogP contribution is 2.48. The molecule has 0 N–H and O–H groups in total. The van der Waals surface area contributed by atoms with E-state index in [2.05, 4.69) is 36.4 Å². The Labute approximate surface area is 156 Å². The van der Waals surface area contributed by atoms with Crippen LogP contribution in [-0.4, -0.2) is 13.0 Å². The minimum atomic E-state index is -0.599. The van der Waals surface area contributed by atoms with Gasteiger partial charge in [0, 0.05) is 12.7 Å². The quantitative estimate of drug-likeness (QED) is 0.672. The summed E-state index contributed by atoms with van der Waals surface area (Å²) in [5.74, 6) is 0.860. The first-order valence-corrected chi connectivity index (χ1v) is 9.83. The van der Waals surface area contributed by atoms with Crippen molar-refractivity contribution < 1.29 is 4.79 Å². The number of para-hydroxylation sites is 1. The van der Waals surface area contributed by atoms with E-state index in [1.54, 1.807) is 0 Å². The smallest absolute Gasteiger partial charge is 0.242 e. The number of fused-ring (bicyclic) bond motifs is 1. The predicted octanol–water partition coefficient (Wildman–Crippen LogP) is 5.48. The summed E-state index contributed by atoms with van der Waals surface area (Å²) < 4.78 is 0. The van der Waals surface area contributed by atoms with Gasteiger partial charge in [-0.2, -0.15) is 0 Å². The van der Waals surface area contributed by atoms with Gasteiger partial charge in [0.05, 0.1) is 0 Å². The Morgan fingerprint density at radius 1 is 1.00 bits per heavy atom. The molecule has 1 aliphatic heterocycles. The fraction of sp³-hybridized carbons (Fsp3) is 0.375. The van der Waals surface area contributed by atoms with Crippen molar-refractivity contribution in [3.63, 3.8) is 0 Å². The molecule has 0 aromatic heterocycles. The van der Waals surface area contributed by atoms with Crippen LogP contribution in [-0.2, 0) is 10.2 Å². The van der Waals surface area contributed by atoms with Crippen LogP contribution >= 0.6 is 0 Å². The first-order chi connectivity index (χ1) is 12.7. The number of anilines is 1. The minimum Gasteiger partial charge on any atom is -0.314 e. The van der Waals surface area contributed by atoms with Crippen molar-refractivity contribution in [2.75, 3.05) is 11.9 Å². The molecular weight excluding hydrogens is 318 g/mol. The molecule has 4 rings (SSSR count). The number of benzene rings is 2. The standard InChI is InChI=1S/C24H27NO/c1-25-22-17-9-8-16-21(22)24(23(25)26,20-14-6-3-7-15-20)18-10-13-19-11-4-2-5-12-19/h3,6-10,13-17,19H,2,4-5,11-12,18H2,1H3/b13-10+. The van der Waals surface area contributed by atoms with Crippen molar-refractivity contribution >= 4 is 11.6 Å². The molecule has 0 saturated heterocycles. The van der Waals surface area contributed by atoms with Crippen molar-refractivity contribution in [2.24, 2.45) is 5.92 Å². The topological polar surface area (TPSA) is 20.3 Å². The molecule has 2 heteroatoms. The van der Waals surface area contributed by atoms with Crippen LogP contribution in [0.1, 0.15) is 49.7 Å². The van der Waals surface area contributed by atoms with Crippen molar-refractivity contribution in [2.45, 2.75) is 43.9 Å². The zero-order valence-electron chi connectivity index (χ0n) is 15.5. The van der Waals surface area contributed by atoms with E-state index in [1.807, 2.05) is 42.3 Å². The van der Waals surface area contributed by atoms with E-state index < -0.39 is 5.41 Å². The lowest BCUT2D eigenvalue weighted by molar-refractivity contribution is -0.121. The van der Waals surface area contributed by atoms with Crippen LogP contribution in [0.25, 0.3) is 0 Å². The molecule has 2 nitrogen and oxygen atoms in total. The van der Waals surface area contributed by atoms with Crippen molar-refractivity contribution in [1.82, 2.24) is 0 Å². The molecule has 134 valence electrons. The molecule has 0 spiro atoms. The van der Waals surface area contributed by atoms with Crippen LogP contribution in [0.4, 0.5) is 5.69 Å². The summed E-state index contributed by atoms with van der Waals surface area (Å²) >= 11 is 0. The average Bonchev–Trinajstić information content (AvgIpc) is 2.92. The Morgan fingerprint density at radius 3 is 2.46 bits per heavy atom. The number of nitrogens with zero attached hydrogens (tertiary/aromatic N) is 1. The zero-order valence-corrected chi connectivity index (χ0v) is 15.5. The minimum absolute atomic E-state index is 0.179. The largest absolute Gasteiger partial charge is 0.314 e. The van der Waals surface area contributed by atoms with E-state index in [4.69, 9.17) is 0 Å².